The highest BCUT2D eigenvalue weighted by atomic mass is 16.4. The van der Waals surface area contributed by atoms with Crippen LogP contribution in [-0.4, -0.2) is 28.0 Å². The molecule has 0 saturated carbocycles. The second-order valence-electron chi connectivity index (χ2n) is 4.22. The summed E-state index contributed by atoms with van der Waals surface area (Å²) in [5, 5.41) is 11.5. The third-order valence-electron chi connectivity index (χ3n) is 2.38. The Morgan fingerprint density at radius 2 is 2.06 bits per heavy atom. The molecule has 0 spiro atoms. The Morgan fingerprint density at radius 1 is 1.41 bits per heavy atom. The number of carbonyl (C=O) groups excluding carboxylic acids is 1. The van der Waals surface area contributed by atoms with Gasteiger partial charge in [0, 0.05) is 17.5 Å². The molecule has 0 fully saturated rings. The fourth-order valence-corrected chi connectivity index (χ4v) is 1.42. The van der Waals surface area contributed by atoms with Crippen molar-refractivity contribution in [2.24, 2.45) is 5.92 Å². The summed E-state index contributed by atoms with van der Waals surface area (Å²) in [7, 11) is 0. The van der Waals surface area contributed by atoms with E-state index in [9.17, 15) is 9.59 Å². The molecule has 0 aliphatic heterocycles. The minimum Gasteiger partial charge on any atom is -0.480 e. The predicted octanol–water partition coefficient (Wildman–Crippen LogP) is 1.23. The Hall–Kier alpha value is -1.91. The van der Waals surface area contributed by atoms with Gasteiger partial charge in [-0.05, 0) is 25.0 Å². The highest BCUT2D eigenvalue weighted by molar-refractivity contribution is 5.96. The van der Waals surface area contributed by atoms with Crippen molar-refractivity contribution in [1.82, 2.24) is 10.3 Å². The van der Waals surface area contributed by atoms with Gasteiger partial charge in [0.15, 0.2) is 0 Å². The molecule has 5 heteroatoms. The lowest BCUT2D eigenvalue weighted by Crippen LogP contribution is -2.44. The number of rotatable bonds is 4. The number of nitrogens with one attached hydrogen (secondary N) is 1. The highest BCUT2D eigenvalue weighted by Crippen LogP contribution is 2.05. The van der Waals surface area contributed by atoms with Gasteiger partial charge in [-0.25, -0.2) is 4.79 Å². The van der Waals surface area contributed by atoms with Crippen LogP contribution in [-0.2, 0) is 4.79 Å². The van der Waals surface area contributed by atoms with Gasteiger partial charge in [-0.1, -0.05) is 13.8 Å². The van der Waals surface area contributed by atoms with Crippen LogP contribution in [0, 0.1) is 12.8 Å². The molecule has 2 N–H and O–H groups in total. The topological polar surface area (TPSA) is 79.3 Å². The van der Waals surface area contributed by atoms with Crippen LogP contribution >= 0.6 is 0 Å². The summed E-state index contributed by atoms with van der Waals surface area (Å²) in [5.74, 6) is -1.59. The minimum atomic E-state index is -1.03. The second-order valence-corrected chi connectivity index (χ2v) is 4.22. The zero-order chi connectivity index (χ0) is 13.0. The van der Waals surface area contributed by atoms with Crippen LogP contribution in [0.3, 0.4) is 0 Å². The first-order chi connectivity index (χ1) is 7.91. The maximum absolute atomic E-state index is 11.8. The lowest BCUT2D eigenvalue weighted by Gasteiger charge is -2.17. The Labute approximate surface area is 99.9 Å². The largest absolute Gasteiger partial charge is 0.480 e. The number of aryl methyl sites for hydroxylation is 1. The monoisotopic (exact) mass is 236 g/mol. The number of hydrogen-bond acceptors (Lipinski definition) is 3. The molecule has 0 radical (unpaired) electrons. The van der Waals surface area contributed by atoms with Crippen LogP contribution in [0.4, 0.5) is 0 Å². The molecule has 1 amide bonds. The maximum Gasteiger partial charge on any atom is 0.326 e. The summed E-state index contributed by atoms with van der Waals surface area (Å²) in [6.45, 7) is 5.27. The van der Waals surface area contributed by atoms with E-state index in [1.54, 1.807) is 32.9 Å². The molecule has 0 saturated heterocycles. The molecular formula is C12H16N2O3. The molecule has 1 heterocycles. The lowest BCUT2D eigenvalue weighted by molar-refractivity contribution is -0.140. The highest BCUT2D eigenvalue weighted by Gasteiger charge is 2.23. The number of carbonyl (C=O) groups is 2. The first-order valence-corrected chi connectivity index (χ1v) is 5.38. The minimum absolute atomic E-state index is 0.167. The van der Waals surface area contributed by atoms with Gasteiger partial charge in [-0.3, -0.25) is 9.78 Å². The number of carboxylic acid groups (broad SMARTS) is 1. The average Bonchev–Trinajstić information content (AvgIpc) is 2.24. The molecule has 1 aromatic rings. The van der Waals surface area contributed by atoms with E-state index >= 15 is 0 Å². The molecular weight excluding hydrogens is 220 g/mol. The van der Waals surface area contributed by atoms with E-state index in [4.69, 9.17) is 5.11 Å². The third kappa shape index (κ3) is 3.55. The van der Waals surface area contributed by atoms with Crippen LogP contribution in [0.2, 0.25) is 0 Å². The first-order valence-electron chi connectivity index (χ1n) is 5.38. The normalized spacial score (nSPS) is 12.2. The van der Waals surface area contributed by atoms with E-state index in [2.05, 4.69) is 10.3 Å². The summed E-state index contributed by atoms with van der Waals surface area (Å²) in [6, 6.07) is 2.30. The van der Waals surface area contributed by atoms with Gasteiger partial charge < -0.3 is 10.4 Å². The van der Waals surface area contributed by atoms with E-state index in [0.29, 0.717) is 11.3 Å². The molecule has 1 unspecified atom stereocenters. The molecule has 5 nitrogen and oxygen atoms in total. The van der Waals surface area contributed by atoms with Crippen LogP contribution in [0.25, 0.3) is 0 Å². The molecule has 17 heavy (non-hydrogen) atoms. The zero-order valence-corrected chi connectivity index (χ0v) is 10.1. The number of amides is 1. The smallest absolute Gasteiger partial charge is 0.326 e. The number of aliphatic carboxylic acids is 1. The van der Waals surface area contributed by atoms with Gasteiger partial charge in [-0.2, -0.15) is 0 Å². The Kier molecular flexibility index (Phi) is 4.20. The van der Waals surface area contributed by atoms with Gasteiger partial charge in [0.2, 0.25) is 0 Å². The van der Waals surface area contributed by atoms with Crippen LogP contribution < -0.4 is 5.32 Å². The molecule has 92 valence electrons. The summed E-state index contributed by atoms with van der Waals surface area (Å²) >= 11 is 0. The van der Waals surface area contributed by atoms with Crippen molar-refractivity contribution in [2.45, 2.75) is 26.8 Å². The Balaban J connectivity index is 2.81. The van der Waals surface area contributed by atoms with Crippen molar-refractivity contribution in [2.75, 3.05) is 0 Å². The van der Waals surface area contributed by atoms with E-state index < -0.39 is 17.9 Å². The first kappa shape index (κ1) is 13.2. The molecule has 1 aromatic heterocycles. The zero-order valence-electron chi connectivity index (χ0n) is 10.1. The van der Waals surface area contributed by atoms with Crippen LogP contribution in [0.5, 0.6) is 0 Å². The van der Waals surface area contributed by atoms with Crippen molar-refractivity contribution < 1.29 is 14.7 Å². The van der Waals surface area contributed by atoms with Gasteiger partial charge in [0.1, 0.15) is 6.04 Å². The maximum atomic E-state index is 11.8. The number of pyridine rings is 1. The second kappa shape index (κ2) is 5.43. The summed E-state index contributed by atoms with van der Waals surface area (Å²) in [4.78, 5) is 26.7. The predicted molar refractivity (Wildman–Crippen MR) is 62.7 cm³/mol. The van der Waals surface area contributed by atoms with Crippen molar-refractivity contribution in [1.29, 1.82) is 0 Å². The number of nitrogens with zero attached hydrogens (tertiary/aromatic N) is 1. The standard InChI is InChI=1S/C12H16N2O3/c1-7(2)10(12(16)17)14-11(15)9-4-5-13-8(3)6-9/h4-7,10H,1-3H3,(H,14,15)(H,16,17). The van der Waals surface area contributed by atoms with Gasteiger partial charge in [0.25, 0.3) is 5.91 Å². The van der Waals surface area contributed by atoms with E-state index in [-0.39, 0.29) is 5.92 Å². The van der Waals surface area contributed by atoms with Crippen molar-refractivity contribution in [3.8, 4) is 0 Å². The fraction of sp³-hybridized carbons (Fsp3) is 0.417. The quantitative estimate of drug-likeness (QED) is 0.824. The van der Waals surface area contributed by atoms with E-state index in [1.807, 2.05) is 0 Å². The van der Waals surface area contributed by atoms with E-state index in [1.165, 1.54) is 6.20 Å². The molecule has 0 bridgehead atoms. The average molecular weight is 236 g/mol. The third-order valence-corrected chi connectivity index (χ3v) is 2.38. The van der Waals surface area contributed by atoms with Gasteiger partial charge in [0.05, 0.1) is 0 Å². The van der Waals surface area contributed by atoms with Crippen LogP contribution in [0.1, 0.15) is 29.9 Å². The lowest BCUT2D eigenvalue weighted by atomic mass is 10.0. The molecule has 1 atom stereocenters. The number of hydrogen-bond donors (Lipinski definition) is 2. The molecule has 1 rings (SSSR count). The molecule has 0 aliphatic rings. The Bertz CT molecular complexity index is 430. The summed E-state index contributed by atoms with van der Waals surface area (Å²) < 4.78 is 0. The summed E-state index contributed by atoms with van der Waals surface area (Å²) in [6.07, 6.45) is 1.52. The van der Waals surface area contributed by atoms with Gasteiger partial charge >= 0.3 is 5.97 Å². The van der Waals surface area contributed by atoms with Crippen LogP contribution in [0.15, 0.2) is 18.3 Å². The van der Waals surface area contributed by atoms with Crippen molar-refractivity contribution >= 4 is 11.9 Å². The number of aromatic nitrogens is 1. The van der Waals surface area contributed by atoms with Crippen molar-refractivity contribution in [3.63, 3.8) is 0 Å². The fourth-order valence-electron chi connectivity index (χ4n) is 1.42. The van der Waals surface area contributed by atoms with Gasteiger partial charge in [-0.15, -0.1) is 0 Å². The summed E-state index contributed by atoms with van der Waals surface area (Å²) in [5.41, 5.74) is 1.14. The van der Waals surface area contributed by atoms with Crippen molar-refractivity contribution in [3.05, 3.63) is 29.6 Å². The molecule has 0 aliphatic carbocycles. The molecule has 0 aromatic carbocycles. The van der Waals surface area contributed by atoms with E-state index in [0.717, 1.165) is 0 Å². The Morgan fingerprint density at radius 3 is 2.53 bits per heavy atom. The number of carboxylic acids is 1. The SMILES string of the molecule is Cc1cc(C(=O)NC(C(=O)O)C(C)C)ccn1.